The number of para-hydroxylation sites is 2. The van der Waals surface area contributed by atoms with Gasteiger partial charge in [-0.05, 0) is 31.3 Å². The van der Waals surface area contributed by atoms with Crippen molar-refractivity contribution in [3.05, 3.63) is 48.4 Å². The van der Waals surface area contributed by atoms with E-state index in [1.807, 2.05) is 43.4 Å². The average molecular weight is 245 g/mol. The number of hydrogen-bond acceptors (Lipinski definition) is 4. The zero-order chi connectivity index (χ0) is 12.4. The van der Waals surface area contributed by atoms with Crippen LogP contribution in [0.1, 0.15) is 11.8 Å². The van der Waals surface area contributed by atoms with E-state index in [0.29, 0.717) is 6.61 Å². The molecule has 1 aromatic carbocycles. The molecular weight excluding hydrogens is 230 g/mol. The molecule has 2 unspecified atom stereocenters. The molecule has 94 valence electrons. The third-order valence-electron chi connectivity index (χ3n) is 3.06. The molecule has 0 fully saturated rings. The lowest BCUT2D eigenvalue weighted by Gasteiger charge is -2.31. The molecule has 2 atom stereocenters. The molecule has 2 aromatic rings. The van der Waals surface area contributed by atoms with Gasteiger partial charge in [-0.15, -0.1) is 0 Å². The minimum absolute atomic E-state index is 0.0200. The molecule has 0 aliphatic carbocycles. The van der Waals surface area contributed by atoms with Crippen LogP contribution in [0.15, 0.2) is 47.1 Å². The van der Waals surface area contributed by atoms with E-state index in [-0.39, 0.29) is 12.1 Å². The van der Waals surface area contributed by atoms with Crippen LogP contribution in [0.25, 0.3) is 0 Å². The van der Waals surface area contributed by atoms with Crippen molar-refractivity contribution in [2.45, 2.75) is 12.1 Å². The maximum Gasteiger partial charge on any atom is 0.161 e. The summed E-state index contributed by atoms with van der Waals surface area (Å²) in [5, 5.41) is 3.21. The molecule has 1 N–H and O–H groups in total. The number of hydrogen-bond donors (Lipinski definition) is 1. The summed E-state index contributed by atoms with van der Waals surface area (Å²) in [6, 6.07) is 11.5. The van der Waals surface area contributed by atoms with Crippen LogP contribution in [0.5, 0.6) is 11.5 Å². The minimum Gasteiger partial charge on any atom is -0.486 e. The Morgan fingerprint density at radius 2 is 2.00 bits per heavy atom. The van der Waals surface area contributed by atoms with Gasteiger partial charge in [-0.2, -0.15) is 0 Å². The summed E-state index contributed by atoms with van der Waals surface area (Å²) < 4.78 is 17.1. The fraction of sp³-hybridized carbons (Fsp3) is 0.286. The Kier molecular flexibility index (Phi) is 2.94. The molecule has 0 radical (unpaired) electrons. The van der Waals surface area contributed by atoms with Crippen molar-refractivity contribution in [3.8, 4) is 11.5 Å². The normalized spacial score (nSPS) is 19.5. The van der Waals surface area contributed by atoms with E-state index >= 15 is 0 Å². The lowest BCUT2D eigenvalue weighted by Crippen LogP contribution is -2.40. The predicted octanol–water partition coefficient (Wildman–Crippen LogP) is 2.38. The molecule has 4 nitrogen and oxygen atoms in total. The number of benzene rings is 1. The maximum absolute atomic E-state index is 5.96. The highest BCUT2D eigenvalue weighted by molar-refractivity contribution is 5.41. The van der Waals surface area contributed by atoms with E-state index in [4.69, 9.17) is 13.9 Å². The number of fused-ring (bicyclic) bond motifs is 1. The predicted molar refractivity (Wildman–Crippen MR) is 66.9 cm³/mol. The summed E-state index contributed by atoms with van der Waals surface area (Å²) in [5.74, 6) is 2.43. The topological polar surface area (TPSA) is 43.6 Å². The number of ether oxygens (including phenoxy) is 2. The molecule has 0 spiro atoms. The van der Waals surface area contributed by atoms with Crippen molar-refractivity contribution in [1.82, 2.24) is 5.32 Å². The van der Waals surface area contributed by atoms with E-state index in [9.17, 15) is 0 Å². The van der Waals surface area contributed by atoms with Gasteiger partial charge in [0, 0.05) is 0 Å². The van der Waals surface area contributed by atoms with Crippen molar-refractivity contribution >= 4 is 0 Å². The Labute approximate surface area is 106 Å². The first-order chi connectivity index (χ1) is 8.88. The summed E-state index contributed by atoms with van der Waals surface area (Å²) in [6.45, 7) is 0.503. The first kappa shape index (κ1) is 11.2. The molecule has 3 rings (SSSR count). The number of nitrogens with one attached hydrogen (secondary N) is 1. The Bertz CT molecular complexity index is 510. The van der Waals surface area contributed by atoms with Crippen LogP contribution in [0.2, 0.25) is 0 Å². The van der Waals surface area contributed by atoms with Crippen molar-refractivity contribution in [2.24, 2.45) is 0 Å². The van der Waals surface area contributed by atoms with Gasteiger partial charge in [-0.25, -0.2) is 0 Å². The fourth-order valence-electron chi connectivity index (χ4n) is 2.18. The second-order valence-electron chi connectivity index (χ2n) is 4.20. The van der Waals surface area contributed by atoms with Gasteiger partial charge in [0.25, 0.3) is 0 Å². The van der Waals surface area contributed by atoms with Crippen molar-refractivity contribution in [1.29, 1.82) is 0 Å². The first-order valence-corrected chi connectivity index (χ1v) is 5.97. The van der Waals surface area contributed by atoms with Gasteiger partial charge in [0.1, 0.15) is 18.4 Å². The van der Waals surface area contributed by atoms with Gasteiger partial charge in [-0.3, -0.25) is 0 Å². The molecular formula is C14H15NO3. The largest absolute Gasteiger partial charge is 0.486 e. The van der Waals surface area contributed by atoms with Crippen LogP contribution < -0.4 is 14.8 Å². The van der Waals surface area contributed by atoms with Gasteiger partial charge in [0.05, 0.1) is 6.26 Å². The van der Waals surface area contributed by atoms with Crippen molar-refractivity contribution < 1.29 is 13.9 Å². The zero-order valence-corrected chi connectivity index (χ0v) is 10.1. The van der Waals surface area contributed by atoms with Crippen LogP contribution >= 0.6 is 0 Å². The Morgan fingerprint density at radius 1 is 1.17 bits per heavy atom. The van der Waals surface area contributed by atoms with Gasteiger partial charge in [-0.1, -0.05) is 12.1 Å². The molecule has 4 heteroatoms. The second-order valence-corrected chi connectivity index (χ2v) is 4.20. The maximum atomic E-state index is 5.96. The average Bonchev–Trinajstić information content (AvgIpc) is 2.93. The standard InChI is InChI=1S/C14H15NO3/c1-15-14(12-7-4-8-16-12)13-9-17-10-5-2-3-6-11(10)18-13/h2-8,13-15H,9H2,1H3. The quantitative estimate of drug-likeness (QED) is 0.901. The molecule has 1 aliphatic heterocycles. The molecule has 18 heavy (non-hydrogen) atoms. The summed E-state index contributed by atoms with van der Waals surface area (Å²) in [4.78, 5) is 0. The van der Waals surface area contributed by atoms with E-state index in [2.05, 4.69) is 5.32 Å². The number of likely N-dealkylation sites (N-methyl/N-ethyl adjacent to an activating group) is 1. The second kappa shape index (κ2) is 4.74. The Balaban J connectivity index is 1.82. The number of rotatable bonds is 3. The van der Waals surface area contributed by atoms with Gasteiger partial charge in [0.15, 0.2) is 17.6 Å². The molecule has 0 bridgehead atoms. The monoisotopic (exact) mass is 245 g/mol. The molecule has 2 heterocycles. The molecule has 1 aliphatic rings. The summed E-state index contributed by atoms with van der Waals surface area (Å²) in [5.41, 5.74) is 0. The fourth-order valence-corrected chi connectivity index (χ4v) is 2.18. The molecule has 0 saturated heterocycles. The van der Waals surface area contributed by atoms with Crippen molar-refractivity contribution in [2.75, 3.05) is 13.7 Å². The van der Waals surface area contributed by atoms with Crippen LogP contribution in [0.3, 0.4) is 0 Å². The Hall–Kier alpha value is -1.94. The summed E-state index contributed by atoms with van der Waals surface area (Å²) in [6.07, 6.45) is 1.56. The van der Waals surface area contributed by atoms with Crippen LogP contribution in [-0.2, 0) is 0 Å². The van der Waals surface area contributed by atoms with Crippen LogP contribution in [-0.4, -0.2) is 19.8 Å². The molecule has 0 saturated carbocycles. The number of furan rings is 1. The highest BCUT2D eigenvalue weighted by Gasteiger charge is 2.30. The van der Waals surface area contributed by atoms with Crippen LogP contribution in [0.4, 0.5) is 0 Å². The van der Waals surface area contributed by atoms with E-state index in [1.165, 1.54) is 0 Å². The highest BCUT2D eigenvalue weighted by Crippen LogP contribution is 2.34. The first-order valence-electron chi connectivity index (χ1n) is 5.97. The highest BCUT2D eigenvalue weighted by atomic mass is 16.6. The van der Waals surface area contributed by atoms with Gasteiger partial charge in [0.2, 0.25) is 0 Å². The smallest absolute Gasteiger partial charge is 0.161 e. The Morgan fingerprint density at radius 3 is 2.72 bits per heavy atom. The van der Waals surface area contributed by atoms with E-state index in [1.54, 1.807) is 6.26 Å². The summed E-state index contributed by atoms with van der Waals surface area (Å²) >= 11 is 0. The molecule has 0 amide bonds. The van der Waals surface area contributed by atoms with Crippen LogP contribution in [0, 0.1) is 0 Å². The van der Waals surface area contributed by atoms with Gasteiger partial charge >= 0.3 is 0 Å². The van der Waals surface area contributed by atoms with Crippen molar-refractivity contribution in [3.63, 3.8) is 0 Å². The lowest BCUT2D eigenvalue weighted by atomic mass is 10.1. The van der Waals surface area contributed by atoms with E-state index in [0.717, 1.165) is 17.3 Å². The minimum atomic E-state index is -0.101. The lowest BCUT2D eigenvalue weighted by molar-refractivity contribution is 0.0578. The zero-order valence-electron chi connectivity index (χ0n) is 10.1. The third-order valence-corrected chi connectivity index (χ3v) is 3.06. The van der Waals surface area contributed by atoms with Gasteiger partial charge < -0.3 is 19.2 Å². The SMILES string of the molecule is CNC(c1ccco1)C1COc2ccccc2O1. The summed E-state index contributed by atoms with van der Waals surface area (Å²) in [7, 11) is 1.89. The molecule has 1 aromatic heterocycles. The van der Waals surface area contributed by atoms with E-state index < -0.39 is 0 Å². The third kappa shape index (κ3) is 1.95.